The van der Waals surface area contributed by atoms with E-state index in [1.165, 1.54) is 0 Å². The molecule has 1 atom stereocenters. The van der Waals surface area contributed by atoms with E-state index in [-0.39, 0.29) is 12.2 Å². The van der Waals surface area contributed by atoms with Gasteiger partial charge in [-0.2, -0.15) is 0 Å². The lowest BCUT2D eigenvalue weighted by atomic mass is 10.0. The summed E-state index contributed by atoms with van der Waals surface area (Å²) < 4.78 is 10.6. The summed E-state index contributed by atoms with van der Waals surface area (Å²) in [5.41, 5.74) is 3.40. The number of nitrogens with zero attached hydrogens (tertiary/aromatic N) is 1. The number of hydrogen-bond donors (Lipinski definition) is 0. The van der Waals surface area contributed by atoms with E-state index in [0.717, 1.165) is 22.4 Å². The molecule has 0 spiro atoms. The van der Waals surface area contributed by atoms with Crippen LogP contribution in [-0.2, 0) is 11.3 Å². The Hall–Kier alpha value is -2.49. The molecule has 0 unspecified atom stereocenters. The molecule has 0 radical (unpaired) electrons. The lowest BCUT2D eigenvalue weighted by molar-refractivity contribution is 0.137. The second kappa shape index (κ2) is 6.73. The highest BCUT2D eigenvalue weighted by Crippen LogP contribution is 2.23. The van der Waals surface area contributed by atoms with Gasteiger partial charge in [-0.15, -0.1) is 0 Å². The number of ether oxygens (including phenoxy) is 2. The highest BCUT2D eigenvalue weighted by atomic mass is 16.6. The van der Waals surface area contributed by atoms with Gasteiger partial charge in [0.2, 0.25) is 0 Å². The summed E-state index contributed by atoms with van der Waals surface area (Å²) in [5.74, 6) is 0.884. The van der Waals surface area contributed by atoms with Crippen molar-refractivity contribution in [1.29, 1.82) is 0 Å². The van der Waals surface area contributed by atoms with Crippen molar-refractivity contribution in [2.24, 2.45) is 0 Å². The molecule has 1 saturated heterocycles. The molecule has 3 rings (SSSR count). The number of cyclic esters (lactones) is 1. The molecule has 0 aromatic heterocycles. The lowest BCUT2D eigenvalue weighted by Crippen LogP contribution is -2.24. The van der Waals surface area contributed by atoms with Crippen LogP contribution in [0, 0.1) is 0 Å². The first-order valence-corrected chi connectivity index (χ1v) is 7.93. The quantitative estimate of drug-likeness (QED) is 0.834. The predicted octanol–water partition coefficient (Wildman–Crippen LogP) is 4.09. The largest absolute Gasteiger partial charge is 0.494 e. The van der Waals surface area contributed by atoms with Gasteiger partial charge >= 0.3 is 6.09 Å². The zero-order valence-corrected chi connectivity index (χ0v) is 13.5. The molecule has 0 aliphatic carbocycles. The first kappa shape index (κ1) is 15.4. The number of hydrogen-bond acceptors (Lipinski definition) is 3. The van der Waals surface area contributed by atoms with E-state index in [1.54, 1.807) is 4.90 Å². The summed E-state index contributed by atoms with van der Waals surface area (Å²) in [6.45, 7) is 5.80. The highest BCUT2D eigenvalue weighted by Gasteiger charge is 2.27. The van der Waals surface area contributed by atoms with E-state index in [4.69, 9.17) is 9.47 Å². The topological polar surface area (TPSA) is 38.8 Å². The molecule has 1 fully saturated rings. The summed E-state index contributed by atoms with van der Waals surface area (Å²) in [6, 6.07) is 16.3. The van der Waals surface area contributed by atoms with Crippen LogP contribution in [0.3, 0.4) is 0 Å². The van der Waals surface area contributed by atoms with Crippen LogP contribution in [0.1, 0.15) is 19.4 Å². The molecule has 4 nitrogen and oxygen atoms in total. The first-order chi connectivity index (χ1) is 11.2. The van der Waals surface area contributed by atoms with Gasteiger partial charge in [0.25, 0.3) is 0 Å². The number of amides is 1. The van der Waals surface area contributed by atoms with Crippen molar-refractivity contribution in [3.05, 3.63) is 54.1 Å². The minimum absolute atomic E-state index is 0.0226. The number of benzene rings is 2. The van der Waals surface area contributed by atoms with Gasteiger partial charge in [0.05, 0.1) is 13.2 Å². The van der Waals surface area contributed by atoms with Gasteiger partial charge in [-0.1, -0.05) is 36.4 Å². The van der Waals surface area contributed by atoms with Crippen molar-refractivity contribution >= 4 is 6.09 Å². The Bertz CT molecular complexity index is 664. The van der Waals surface area contributed by atoms with E-state index in [9.17, 15) is 4.79 Å². The van der Waals surface area contributed by atoms with Gasteiger partial charge in [0, 0.05) is 6.54 Å². The average Bonchev–Trinajstić information content (AvgIpc) is 2.87. The Morgan fingerprint density at radius 2 is 1.70 bits per heavy atom. The minimum atomic E-state index is -0.229. The standard InChI is InChI=1S/C19H21NO3/c1-3-22-18-10-8-17(9-11-18)16-6-4-15(5-7-16)13-20-12-14(2)23-19(20)21/h4-11,14H,3,12-13H2,1-2H3/t14-/m1/s1. The molecule has 0 saturated carbocycles. The fourth-order valence-corrected chi connectivity index (χ4v) is 2.73. The fourth-order valence-electron chi connectivity index (χ4n) is 2.73. The van der Waals surface area contributed by atoms with Crippen LogP contribution in [0.5, 0.6) is 5.75 Å². The summed E-state index contributed by atoms with van der Waals surface area (Å²) in [4.78, 5) is 13.4. The molecule has 1 amide bonds. The second-order valence-electron chi connectivity index (χ2n) is 5.73. The average molecular weight is 311 g/mol. The van der Waals surface area contributed by atoms with Crippen molar-refractivity contribution < 1.29 is 14.3 Å². The molecular formula is C19H21NO3. The smallest absolute Gasteiger partial charge is 0.410 e. The first-order valence-electron chi connectivity index (χ1n) is 7.93. The third kappa shape index (κ3) is 3.65. The van der Waals surface area contributed by atoms with Gasteiger partial charge in [0.1, 0.15) is 11.9 Å². The van der Waals surface area contributed by atoms with Crippen LogP contribution < -0.4 is 4.74 Å². The second-order valence-corrected chi connectivity index (χ2v) is 5.73. The Morgan fingerprint density at radius 3 is 2.22 bits per heavy atom. The highest BCUT2D eigenvalue weighted by molar-refractivity contribution is 5.70. The van der Waals surface area contributed by atoms with Crippen LogP contribution in [0.25, 0.3) is 11.1 Å². The fraction of sp³-hybridized carbons (Fsp3) is 0.316. The summed E-state index contributed by atoms with van der Waals surface area (Å²) in [5, 5.41) is 0. The van der Waals surface area contributed by atoms with Gasteiger partial charge in [-0.3, -0.25) is 0 Å². The molecule has 1 heterocycles. The van der Waals surface area contributed by atoms with Crippen LogP contribution >= 0.6 is 0 Å². The third-order valence-corrected chi connectivity index (χ3v) is 3.86. The summed E-state index contributed by atoms with van der Waals surface area (Å²) in [7, 11) is 0. The van der Waals surface area contributed by atoms with Crippen molar-refractivity contribution in [1.82, 2.24) is 4.90 Å². The van der Waals surface area contributed by atoms with Crippen LogP contribution in [-0.4, -0.2) is 30.2 Å². The minimum Gasteiger partial charge on any atom is -0.494 e. The van der Waals surface area contributed by atoms with Crippen LogP contribution in [0.15, 0.2) is 48.5 Å². The van der Waals surface area contributed by atoms with Crippen LogP contribution in [0.2, 0.25) is 0 Å². The Morgan fingerprint density at radius 1 is 1.09 bits per heavy atom. The summed E-state index contributed by atoms with van der Waals surface area (Å²) >= 11 is 0. The van der Waals surface area contributed by atoms with E-state index < -0.39 is 0 Å². The molecule has 0 N–H and O–H groups in total. The predicted molar refractivity (Wildman–Crippen MR) is 89.4 cm³/mol. The monoisotopic (exact) mass is 311 g/mol. The zero-order chi connectivity index (χ0) is 16.2. The van der Waals surface area contributed by atoms with Gasteiger partial charge in [0.15, 0.2) is 0 Å². The molecule has 2 aromatic carbocycles. The van der Waals surface area contributed by atoms with E-state index in [1.807, 2.05) is 26.0 Å². The van der Waals surface area contributed by atoms with Crippen molar-refractivity contribution in [3.63, 3.8) is 0 Å². The summed E-state index contributed by atoms with van der Waals surface area (Å²) in [6.07, 6.45) is -0.251. The van der Waals surface area contributed by atoms with E-state index >= 15 is 0 Å². The van der Waals surface area contributed by atoms with Crippen molar-refractivity contribution in [2.75, 3.05) is 13.2 Å². The van der Waals surface area contributed by atoms with Crippen LogP contribution in [0.4, 0.5) is 4.79 Å². The SMILES string of the molecule is CCOc1ccc(-c2ccc(CN3C[C@@H](C)OC3=O)cc2)cc1. The Kier molecular flexibility index (Phi) is 4.51. The molecular weight excluding hydrogens is 290 g/mol. The van der Waals surface area contributed by atoms with Crippen molar-refractivity contribution in [3.8, 4) is 16.9 Å². The molecule has 4 heteroatoms. The molecule has 2 aromatic rings. The van der Waals surface area contributed by atoms with Crippen molar-refractivity contribution in [2.45, 2.75) is 26.5 Å². The maximum absolute atomic E-state index is 11.7. The maximum Gasteiger partial charge on any atom is 0.410 e. The van der Waals surface area contributed by atoms with Gasteiger partial charge in [-0.05, 0) is 42.7 Å². The number of carbonyl (C=O) groups is 1. The number of rotatable bonds is 5. The zero-order valence-electron chi connectivity index (χ0n) is 13.5. The molecule has 0 bridgehead atoms. The Labute approximate surface area is 136 Å². The van der Waals surface area contributed by atoms with E-state index in [2.05, 4.69) is 36.4 Å². The third-order valence-electron chi connectivity index (χ3n) is 3.86. The maximum atomic E-state index is 11.7. The Balaban J connectivity index is 1.68. The molecule has 1 aliphatic rings. The van der Waals surface area contributed by atoms with Gasteiger partial charge < -0.3 is 14.4 Å². The molecule has 23 heavy (non-hydrogen) atoms. The molecule has 1 aliphatic heterocycles. The molecule has 120 valence electrons. The number of carbonyl (C=O) groups excluding carboxylic acids is 1. The lowest BCUT2D eigenvalue weighted by Gasteiger charge is -2.13. The van der Waals surface area contributed by atoms with Gasteiger partial charge in [-0.25, -0.2) is 4.79 Å². The van der Waals surface area contributed by atoms with E-state index in [0.29, 0.717) is 19.7 Å². The normalized spacial score (nSPS) is 17.2.